The van der Waals surface area contributed by atoms with Gasteiger partial charge in [-0.25, -0.2) is 0 Å². The molecule has 3 unspecified atom stereocenters. The number of amidine groups is 1. The predicted octanol–water partition coefficient (Wildman–Crippen LogP) is -0.970. The smallest absolute Gasteiger partial charge is 0.152 e. The normalized spacial score (nSPS) is 37.5. The highest BCUT2D eigenvalue weighted by Gasteiger charge is 2.66. The van der Waals surface area contributed by atoms with Crippen LogP contribution in [0.5, 0.6) is 0 Å². The van der Waals surface area contributed by atoms with Gasteiger partial charge in [-0.15, -0.1) is 0 Å². The van der Waals surface area contributed by atoms with Crippen molar-refractivity contribution in [3.63, 3.8) is 0 Å². The summed E-state index contributed by atoms with van der Waals surface area (Å²) in [5, 5.41) is 3.44. The third-order valence-corrected chi connectivity index (χ3v) is 3.24. The van der Waals surface area contributed by atoms with E-state index in [4.69, 9.17) is 26.8 Å². The molecule has 16 heavy (non-hydrogen) atoms. The van der Waals surface area contributed by atoms with E-state index in [1.165, 1.54) is 0 Å². The summed E-state index contributed by atoms with van der Waals surface area (Å²) >= 11 is 0. The molecule has 6 nitrogen and oxygen atoms in total. The molecule has 0 aliphatic heterocycles. The molecule has 0 aromatic carbocycles. The molecule has 0 amide bonds. The van der Waals surface area contributed by atoms with Crippen LogP contribution in [0.1, 0.15) is 0 Å². The monoisotopic (exact) mass is 224 g/mol. The SMILES string of the molecule is COC1C2C=C(C(N)=NN)C(N)=CC21OC. The van der Waals surface area contributed by atoms with Gasteiger partial charge in [0, 0.05) is 31.4 Å². The molecule has 0 heterocycles. The van der Waals surface area contributed by atoms with E-state index in [9.17, 15) is 0 Å². The number of nitrogens with two attached hydrogens (primary N) is 3. The predicted molar refractivity (Wildman–Crippen MR) is 60.2 cm³/mol. The van der Waals surface area contributed by atoms with Crippen molar-refractivity contribution in [2.75, 3.05) is 14.2 Å². The van der Waals surface area contributed by atoms with Gasteiger partial charge in [0.1, 0.15) is 5.60 Å². The lowest BCUT2D eigenvalue weighted by Gasteiger charge is -2.17. The molecule has 1 saturated carbocycles. The van der Waals surface area contributed by atoms with Crippen LogP contribution in [0.2, 0.25) is 0 Å². The fourth-order valence-electron chi connectivity index (χ4n) is 2.32. The molecule has 0 saturated heterocycles. The third-order valence-electron chi connectivity index (χ3n) is 3.24. The van der Waals surface area contributed by atoms with Crippen molar-refractivity contribution in [3.8, 4) is 0 Å². The van der Waals surface area contributed by atoms with Crippen molar-refractivity contribution in [1.82, 2.24) is 0 Å². The van der Waals surface area contributed by atoms with E-state index in [-0.39, 0.29) is 17.9 Å². The minimum atomic E-state index is -0.447. The number of methoxy groups -OCH3 is 2. The number of fused-ring (bicyclic) bond motifs is 1. The van der Waals surface area contributed by atoms with E-state index in [1.54, 1.807) is 14.2 Å². The molecule has 0 aromatic rings. The molecule has 6 heteroatoms. The van der Waals surface area contributed by atoms with E-state index >= 15 is 0 Å². The summed E-state index contributed by atoms with van der Waals surface area (Å²) in [7, 11) is 3.27. The number of ether oxygens (including phenoxy) is 2. The van der Waals surface area contributed by atoms with Gasteiger partial charge >= 0.3 is 0 Å². The van der Waals surface area contributed by atoms with Gasteiger partial charge in [-0.1, -0.05) is 6.08 Å². The van der Waals surface area contributed by atoms with Gasteiger partial charge in [-0.3, -0.25) is 0 Å². The summed E-state index contributed by atoms with van der Waals surface area (Å²) in [5.74, 6) is 5.47. The average molecular weight is 224 g/mol. The lowest BCUT2D eigenvalue weighted by atomic mass is 10.0. The Morgan fingerprint density at radius 3 is 2.69 bits per heavy atom. The zero-order chi connectivity index (χ0) is 11.9. The Bertz CT molecular complexity index is 402. The molecule has 6 N–H and O–H groups in total. The topological polar surface area (TPSA) is 109 Å². The Morgan fingerprint density at radius 1 is 1.50 bits per heavy atom. The van der Waals surface area contributed by atoms with Gasteiger partial charge in [0.25, 0.3) is 0 Å². The first-order valence-corrected chi connectivity index (χ1v) is 4.93. The van der Waals surface area contributed by atoms with Gasteiger partial charge in [0.2, 0.25) is 0 Å². The highest BCUT2D eigenvalue weighted by atomic mass is 16.6. The van der Waals surface area contributed by atoms with Crippen molar-refractivity contribution >= 4 is 5.84 Å². The van der Waals surface area contributed by atoms with Crippen LogP contribution >= 0.6 is 0 Å². The van der Waals surface area contributed by atoms with Gasteiger partial charge in [0.15, 0.2) is 5.84 Å². The lowest BCUT2D eigenvalue weighted by molar-refractivity contribution is 0.0512. The standard InChI is InChI=1S/C10H16N4O2/c1-15-8-6-3-5(9(12)14-13)7(11)4-10(6,8)16-2/h3-4,6,8H,11,13H2,1-2H3,(H2,12,14). The highest BCUT2D eigenvalue weighted by Crippen LogP contribution is 2.54. The quantitative estimate of drug-likeness (QED) is 0.247. The Kier molecular flexibility index (Phi) is 2.40. The molecule has 3 atom stereocenters. The number of nitrogens with zero attached hydrogens (tertiary/aromatic N) is 1. The first-order valence-electron chi connectivity index (χ1n) is 4.93. The zero-order valence-corrected chi connectivity index (χ0v) is 9.31. The molecular weight excluding hydrogens is 208 g/mol. The fraction of sp³-hybridized carbons (Fsp3) is 0.500. The lowest BCUT2D eigenvalue weighted by Crippen LogP contribution is -2.27. The van der Waals surface area contributed by atoms with E-state index in [0.29, 0.717) is 11.3 Å². The number of hydrazone groups is 1. The largest absolute Gasteiger partial charge is 0.398 e. The number of hydrogen-bond acceptors (Lipinski definition) is 5. The minimum absolute atomic E-state index is 0.0286. The molecule has 0 spiro atoms. The van der Waals surface area contributed by atoms with Crippen LogP contribution < -0.4 is 17.3 Å². The minimum Gasteiger partial charge on any atom is -0.398 e. The second kappa shape index (κ2) is 3.50. The van der Waals surface area contributed by atoms with Crippen molar-refractivity contribution < 1.29 is 9.47 Å². The second-order valence-corrected chi connectivity index (χ2v) is 3.93. The number of rotatable bonds is 3. The molecule has 2 aliphatic carbocycles. The highest BCUT2D eigenvalue weighted by molar-refractivity contribution is 6.01. The van der Waals surface area contributed by atoms with Crippen molar-refractivity contribution in [2.24, 2.45) is 28.3 Å². The van der Waals surface area contributed by atoms with Crippen LogP contribution in [0.15, 0.2) is 28.5 Å². The van der Waals surface area contributed by atoms with Gasteiger partial charge in [-0.05, 0) is 6.08 Å². The van der Waals surface area contributed by atoms with E-state index in [1.807, 2.05) is 12.2 Å². The number of hydrogen-bond donors (Lipinski definition) is 3. The second-order valence-electron chi connectivity index (χ2n) is 3.93. The van der Waals surface area contributed by atoms with Gasteiger partial charge < -0.3 is 26.8 Å². The third kappa shape index (κ3) is 1.23. The molecule has 0 bridgehead atoms. The summed E-state index contributed by atoms with van der Waals surface area (Å²) < 4.78 is 10.8. The first-order chi connectivity index (χ1) is 7.60. The van der Waals surface area contributed by atoms with Crippen molar-refractivity contribution in [2.45, 2.75) is 11.7 Å². The van der Waals surface area contributed by atoms with Crippen LogP contribution in [-0.2, 0) is 9.47 Å². The molecule has 2 rings (SSSR count). The Labute approximate surface area is 93.7 Å². The van der Waals surface area contributed by atoms with E-state index < -0.39 is 5.60 Å². The van der Waals surface area contributed by atoms with E-state index in [2.05, 4.69) is 5.10 Å². The van der Waals surface area contributed by atoms with Gasteiger partial charge in [-0.2, -0.15) is 5.10 Å². The molecule has 0 aromatic heterocycles. The van der Waals surface area contributed by atoms with Crippen molar-refractivity contribution in [3.05, 3.63) is 23.4 Å². The molecular formula is C10H16N4O2. The van der Waals surface area contributed by atoms with Crippen molar-refractivity contribution in [1.29, 1.82) is 0 Å². The van der Waals surface area contributed by atoms with Gasteiger partial charge in [0.05, 0.1) is 6.10 Å². The summed E-state index contributed by atoms with van der Waals surface area (Å²) in [6.45, 7) is 0. The summed E-state index contributed by atoms with van der Waals surface area (Å²) in [6.07, 6.45) is 3.69. The Morgan fingerprint density at radius 2 is 2.19 bits per heavy atom. The van der Waals surface area contributed by atoms with Crippen LogP contribution in [0.3, 0.4) is 0 Å². The molecule has 88 valence electrons. The zero-order valence-electron chi connectivity index (χ0n) is 9.31. The summed E-state index contributed by atoms with van der Waals surface area (Å²) in [6, 6.07) is 0. The Hall–Kier alpha value is -1.53. The maximum Gasteiger partial charge on any atom is 0.152 e. The Balaban J connectivity index is 2.35. The maximum absolute atomic E-state index is 5.89. The fourth-order valence-corrected chi connectivity index (χ4v) is 2.32. The van der Waals surface area contributed by atoms with Crippen LogP contribution in [0.4, 0.5) is 0 Å². The maximum atomic E-state index is 5.89. The molecule has 0 radical (unpaired) electrons. The summed E-state index contributed by atoms with van der Waals surface area (Å²) in [4.78, 5) is 0. The van der Waals surface area contributed by atoms with Crippen LogP contribution in [0.25, 0.3) is 0 Å². The summed E-state index contributed by atoms with van der Waals surface area (Å²) in [5.41, 5.74) is 12.3. The van der Waals surface area contributed by atoms with Crippen LogP contribution in [0, 0.1) is 5.92 Å². The van der Waals surface area contributed by atoms with E-state index in [0.717, 1.165) is 0 Å². The molecule has 2 aliphatic rings. The molecule has 1 fully saturated rings. The average Bonchev–Trinajstić information content (AvgIpc) is 2.93. The van der Waals surface area contributed by atoms with Crippen LogP contribution in [-0.4, -0.2) is 31.8 Å². The first kappa shape index (κ1) is 11.0.